The van der Waals surface area contributed by atoms with Crippen LogP contribution in [0.3, 0.4) is 0 Å². The average molecular weight is 302 g/mol. The highest BCUT2D eigenvalue weighted by Crippen LogP contribution is 2.15. The van der Waals surface area contributed by atoms with Gasteiger partial charge in [0.25, 0.3) is 5.56 Å². The molecule has 1 heterocycles. The van der Waals surface area contributed by atoms with Crippen LogP contribution in [0.2, 0.25) is 0 Å². The number of aliphatic hydroxyl groups is 1. The number of aliphatic hydroxyl groups excluding tert-OH is 1. The number of benzene rings is 1. The summed E-state index contributed by atoms with van der Waals surface area (Å²) >= 11 is 0. The third-order valence-electron chi connectivity index (χ3n) is 4.17. The van der Waals surface area contributed by atoms with Crippen molar-refractivity contribution in [2.45, 2.75) is 39.7 Å². The minimum absolute atomic E-state index is 0.0109. The number of aromatic amines is 1. The number of H-pyrrole nitrogens is 1. The summed E-state index contributed by atoms with van der Waals surface area (Å²) in [4.78, 5) is 17.5. The fraction of sp³-hybridized carbons (Fsp3) is 0.500. The van der Waals surface area contributed by atoms with Gasteiger partial charge in [-0.2, -0.15) is 0 Å². The van der Waals surface area contributed by atoms with Crippen molar-refractivity contribution in [2.75, 3.05) is 19.6 Å². The third-order valence-corrected chi connectivity index (χ3v) is 4.17. The number of aromatic nitrogens is 1. The van der Waals surface area contributed by atoms with Crippen LogP contribution in [-0.2, 0) is 6.42 Å². The summed E-state index contributed by atoms with van der Waals surface area (Å²) < 4.78 is 0. The maximum Gasteiger partial charge on any atom is 0.256 e. The fourth-order valence-corrected chi connectivity index (χ4v) is 2.70. The highest BCUT2D eigenvalue weighted by Gasteiger charge is 2.08. The molecule has 1 atom stereocenters. The van der Waals surface area contributed by atoms with Crippen LogP contribution in [0.4, 0.5) is 0 Å². The van der Waals surface area contributed by atoms with Gasteiger partial charge in [0.2, 0.25) is 0 Å². The molecule has 0 amide bonds. The summed E-state index contributed by atoms with van der Waals surface area (Å²) in [5.41, 5.74) is 2.09. The van der Waals surface area contributed by atoms with Crippen molar-refractivity contribution in [3.63, 3.8) is 0 Å². The molecule has 1 aromatic heterocycles. The van der Waals surface area contributed by atoms with Crippen LogP contribution in [0.5, 0.6) is 0 Å². The highest BCUT2D eigenvalue weighted by molar-refractivity contribution is 5.84. The van der Waals surface area contributed by atoms with Crippen LogP contribution in [0, 0.1) is 6.92 Å². The molecule has 2 aromatic rings. The van der Waals surface area contributed by atoms with Gasteiger partial charge in [0.15, 0.2) is 0 Å². The van der Waals surface area contributed by atoms with Crippen molar-refractivity contribution < 1.29 is 5.11 Å². The van der Waals surface area contributed by atoms with Gasteiger partial charge in [0.1, 0.15) is 0 Å². The zero-order valence-electron chi connectivity index (χ0n) is 13.7. The van der Waals surface area contributed by atoms with Crippen molar-refractivity contribution in [1.29, 1.82) is 0 Å². The molecule has 0 spiro atoms. The molecule has 4 nitrogen and oxygen atoms in total. The number of rotatable bonds is 7. The standard InChI is InChI=1S/C18H26N2O2/c1-4-20(10-8-14(3)21)11-9-15-12-17-13(2)6-5-7-16(17)18(22)19-15/h5-7,12,14,21H,4,8-11H2,1-3H3,(H,19,22). The lowest BCUT2D eigenvalue weighted by atomic mass is 10.1. The molecule has 0 radical (unpaired) electrons. The molecule has 0 saturated carbocycles. The zero-order valence-corrected chi connectivity index (χ0v) is 13.7. The Morgan fingerprint density at radius 2 is 2.05 bits per heavy atom. The van der Waals surface area contributed by atoms with E-state index in [0.717, 1.165) is 54.5 Å². The number of nitrogens with zero attached hydrogens (tertiary/aromatic N) is 1. The summed E-state index contributed by atoms with van der Waals surface area (Å²) in [6.45, 7) is 8.68. The molecule has 1 unspecified atom stereocenters. The van der Waals surface area contributed by atoms with Crippen LogP contribution < -0.4 is 5.56 Å². The Balaban J connectivity index is 2.11. The Morgan fingerprint density at radius 1 is 1.27 bits per heavy atom. The van der Waals surface area contributed by atoms with Gasteiger partial charge in [-0.3, -0.25) is 4.79 Å². The quantitative estimate of drug-likeness (QED) is 0.826. The summed E-state index contributed by atoms with van der Waals surface area (Å²) in [5.74, 6) is 0. The molecule has 22 heavy (non-hydrogen) atoms. The van der Waals surface area contributed by atoms with Gasteiger partial charge in [0.05, 0.1) is 6.10 Å². The van der Waals surface area contributed by atoms with Crippen molar-refractivity contribution in [1.82, 2.24) is 9.88 Å². The first-order valence-corrected chi connectivity index (χ1v) is 8.03. The molecular weight excluding hydrogens is 276 g/mol. The number of pyridine rings is 1. The lowest BCUT2D eigenvalue weighted by Crippen LogP contribution is -2.29. The fourth-order valence-electron chi connectivity index (χ4n) is 2.70. The normalized spacial score (nSPS) is 13.0. The second-order valence-electron chi connectivity index (χ2n) is 5.98. The van der Waals surface area contributed by atoms with Gasteiger partial charge in [-0.15, -0.1) is 0 Å². The Hall–Kier alpha value is -1.65. The molecule has 4 heteroatoms. The molecule has 2 N–H and O–H groups in total. The molecular formula is C18H26N2O2. The second-order valence-corrected chi connectivity index (χ2v) is 5.98. The SMILES string of the molecule is CCN(CCc1cc2c(C)cccc2c(=O)[nH]1)CCC(C)O. The monoisotopic (exact) mass is 302 g/mol. The highest BCUT2D eigenvalue weighted by atomic mass is 16.3. The van der Waals surface area contributed by atoms with Gasteiger partial charge in [-0.25, -0.2) is 0 Å². The van der Waals surface area contributed by atoms with Crippen molar-refractivity contribution in [3.05, 3.63) is 45.9 Å². The van der Waals surface area contributed by atoms with E-state index in [1.165, 1.54) is 0 Å². The van der Waals surface area contributed by atoms with Gasteiger partial charge < -0.3 is 15.0 Å². The van der Waals surface area contributed by atoms with Crippen LogP contribution >= 0.6 is 0 Å². The second kappa shape index (κ2) is 7.56. The predicted molar refractivity (Wildman–Crippen MR) is 91.4 cm³/mol. The van der Waals surface area contributed by atoms with Crippen molar-refractivity contribution in [3.8, 4) is 0 Å². The summed E-state index contributed by atoms with van der Waals surface area (Å²) in [7, 11) is 0. The topological polar surface area (TPSA) is 56.3 Å². The Kier molecular flexibility index (Phi) is 5.75. The lowest BCUT2D eigenvalue weighted by molar-refractivity contribution is 0.158. The van der Waals surface area contributed by atoms with Crippen LogP contribution in [0.25, 0.3) is 10.8 Å². The van der Waals surface area contributed by atoms with Gasteiger partial charge >= 0.3 is 0 Å². The molecule has 0 saturated heterocycles. The van der Waals surface area contributed by atoms with Crippen molar-refractivity contribution in [2.24, 2.45) is 0 Å². The molecule has 2 rings (SSSR count). The van der Waals surface area contributed by atoms with Gasteiger partial charge in [0, 0.05) is 30.6 Å². The van der Waals surface area contributed by atoms with E-state index in [1.54, 1.807) is 0 Å². The van der Waals surface area contributed by atoms with E-state index in [9.17, 15) is 9.90 Å². The molecule has 0 fully saturated rings. The van der Waals surface area contributed by atoms with E-state index < -0.39 is 0 Å². The number of nitrogens with one attached hydrogen (secondary N) is 1. The first-order chi connectivity index (χ1) is 10.5. The Bertz CT molecular complexity index is 676. The number of likely N-dealkylation sites (N-methyl/N-ethyl adjacent to an activating group) is 1. The minimum atomic E-state index is -0.267. The van der Waals surface area contributed by atoms with Crippen molar-refractivity contribution >= 4 is 10.8 Å². The molecule has 0 aliphatic rings. The van der Waals surface area contributed by atoms with Gasteiger partial charge in [-0.1, -0.05) is 19.1 Å². The first kappa shape index (κ1) is 16.7. The molecule has 120 valence electrons. The van der Waals surface area contributed by atoms with Crippen LogP contribution in [0.15, 0.2) is 29.1 Å². The number of hydrogen-bond acceptors (Lipinski definition) is 3. The number of hydrogen-bond donors (Lipinski definition) is 2. The summed E-state index contributed by atoms with van der Waals surface area (Å²) in [6.07, 6.45) is 1.33. The number of fused-ring (bicyclic) bond motifs is 1. The number of aryl methyl sites for hydroxylation is 1. The predicted octanol–water partition coefficient (Wildman–Crippen LogP) is 2.47. The van der Waals surface area contributed by atoms with Crippen LogP contribution in [0.1, 0.15) is 31.5 Å². The average Bonchev–Trinajstić information content (AvgIpc) is 2.48. The molecule has 0 bridgehead atoms. The molecule has 0 aliphatic carbocycles. The first-order valence-electron chi connectivity index (χ1n) is 8.03. The summed E-state index contributed by atoms with van der Waals surface area (Å²) in [5, 5.41) is 11.2. The van der Waals surface area contributed by atoms with E-state index in [4.69, 9.17) is 0 Å². The Labute approximate surface area is 131 Å². The van der Waals surface area contributed by atoms with E-state index in [2.05, 4.69) is 22.9 Å². The Morgan fingerprint density at radius 3 is 2.73 bits per heavy atom. The smallest absolute Gasteiger partial charge is 0.256 e. The van der Waals surface area contributed by atoms with Crippen LogP contribution in [-0.4, -0.2) is 40.7 Å². The van der Waals surface area contributed by atoms with Gasteiger partial charge in [-0.05, 0) is 49.9 Å². The van der Waals surface area contributed by atoms with E-state index in [1.807, 2.05) is 32.0 Å². The third kappa shape index (κ3) is 4.18. The van der Waals surface area contributed by atoms with E-state index >= 15 is 0 Å². The maximum absolute atomic E-state index is 12.2. The largest absolute Gasteiger partial charge is 0.393 e. The van der Waals surface area contributed by atoms with E-state index in [0.29, 0.717) is 0 Å². The molecule has 0 aliphatic heterocycles. The minimum Gasteiger partial charge on any atom is -0.393 e. The maximum atomic E-state index is 12.2. The lowest BCUT2D eigenvalue weighted by Gasteiger charge is -2.21. The summed E-state index contributed by atoms with van der Waals surface area (Å²) in [6, 6.07) is 7.91. The molecule has 1 aromatic carbocycles. The van der Waals surface area contributed by atoms with E-state index in [-0.39, 0.29) is 11.7 Å². The zero-order chi connectivity index (χ0) is 16.1.